The smallest absolute Gasteiger partial charge is 0.264 e. The number of carbonyl (C=O) groups excluding carboxylic acids is 1. The number of carbonyl (C=O) groups is 1. The van der Waals surface area contributed by atoms with Gasteiger partial charge in [0.15, 0.2) is 0 Å². The van der Waals surface area contributed by atoms with Crippen LogP contribution in [0.1, 0.15) is 38.2 Å². The predicted molar refractivity (Wildman–Crippen MR) is 110 cm³/mol. The van der Waals surface area contributed by atoms with E-state index in [1.54, 1.807) is 43.5 Å². The Balaban J connectivity index is 1.85. The van der Waals surface area contributed by atoms with Crippen molar-refractivity contribution in [1.29, 1.82) is 0 Å². The fraction of sp³-hybridized carbons (Fsp3) is 0.381. The number of benzene rings is 2. The van der Waals surface area contributed by atoms with E-state index in [0.717, 1.165) is 31.2 Å². The standard InChI is InChI=1S/C21H26N2O4S/c1-3-4-7-21(24)22-17-8-13-20-16(15-17)6-5-14-23(20)28(25,26)19-11-9-18(27-2)10-12-19/h8-13,15H,3-7,14H2,1-2H3,(H,22,24). The summed E-state index contributed by atoms with van der Waals surface area (Å²) in [4.78, 5) is 12.2. The van der Waals surface area contributed by atoms with Crippen LogP contribution < -0.4 is 14.4 Å². The summed E-state index contributed by atoms with van der Waals surface area (Å²) in [5.41, 5.74) is 2.31. The largest absolute Gasteiger partial charge is 0.497 e. The average molecular weight is 403 g/mol. The highest BCUT2D eigenvalue weighted by Crippen LogP contribution is 2.34. The Hall–Kier alpha value is -2.54. The van der Waals surface area contributed by atoms with Gasteiger partial charge in [-0.15, -0.1) is 0 Å². The highest BCUT2D eigenvalue weighted by Gasteiger charge is 2.29. The minimum Gasteiger partial charge on any atom is -0.497 e. The quantitative estimate of drug-likeness (QED) is 0.760. The second-order valence-corrected chi connectivity index (χ2v) is 8.71. The molecule has 1 heterocycles. The Labute approximate surface area is 166 Å². The van der Waals surface area contributed by atoms with E-state index in [-0.39, 0.29) is 10.8 Å². The molecule has 0 saturated heterocycles. The summed E-state index contributed by atoms with van der Waals surface area (Å²) in [6, 6.07) is 11.8. The van der Waals surface area contributed by atoms with Crippen LogP contribution in [-0.2, 0) is 21.2 Å². The molecule has 0 fully saturated rings. The summed E-state index contributed by atoms with van der Waals surface area (Å²) in [5, 5.41) is 2.90. The molecule has 0 saturated carbocycles. The molecule has 1 aliphatic rings. The van der Waals surface area contributed by atoms with Crippen LogP contribution in [0.4, 0.5) is 11.4 Å². The molecule has 0 aliphatic carbocycles. The number of methoxy groups -OCH3 is 1. The van der Waals surface area contributed by atoms with Gasteiger partial charge < -0.3 is 10.1 Å². The molecule has 7 heteroatoms. The number of nitrogens with one attached hydrogen (secondary N) is 1. The van der Waals surface area contributed by atoms with Crippen LogP contribution in [0.3, 0.4) is 0 Å². The molecule has 28 heavy (non-hydrogen) atoms. The second kappa shape index (κ2) is 8.65. The average Bonchev–Trinajstić information content (AvgIpc) is 2.71. The Morgan fingerprint density at radius 2 is 1.93 bits per heavy atom. The number of rotatable bonds is 7. The van der Waals surface area contributed by atoms with Gasteiger partial charge in [-0.3, -0.25) is 9.10 Å². The van der Waals surface area contributed by atoms with Crippen molar-refractivity contribution >= 4 is 27.3 Å². The van der Waals surface area contributed by atoms with Crippen molar-refractivity contribution in [2.24, 2.45) is 0 Å². The lowest BCUT2D eigenvalue weighted by Crippen LogP contribution is -2.35. The van der Waals surface area contributed by atoms with E-state index in [1.165, 1.54) is 4.31 Å². The lowest BCUT2D eigenvalue weighted by atomic mass is 10.0. The first-order valence-corrected chi connectivity index (χ1v) is 11.0. The molecule has 1 amide bonds. The number of fused-ring (bicyclic) bond motifs is 1. The molecule has 0 aromatic heterocycles. The molecule has 1 aliphatic heterocycles. The molecule has 1 N–H and O–H groups in total. The highest BCUT2D eigenvalue weighted by molar-refractivity contribution is 7.92. The molecule has 0 atom stereocenters. The van der Waals surface area contributed by atoms with Gasteiger partial charge in [0, 0.05) is 18.7 Å². The molecule has 2 aromatic carbocycles. The Bertz CT molecular complexity index is 939. The zero-order valence-electron chi connectivity index (χ0n) is 16.3. The van der Waals surface area contributed by atoms with E-state index in [0.29, 0.717) is 30.1 Å². The number of unbranched alkanes of at least 4 members (excludes halogenated alkanes) is 1. The lowest BCUT2D eigenvalue weighted by Gasteiger charge is -2.31. The molecule has 0 unspecified atom stereocenters. The summed E-state index contributed by atoms with van der Waals surface area (Å²) in [5.74, 6) is 0.599. The number of hydrogen-bond acceptors (Lipinski definition) is 4. The minimum absolute atomic E-state index is 0.0136. The maximum atomic E-state index is 13.1. The van der Waals surface area contributed by atoms with Crippen LogP contribution in [0, 0.1) is 0 Å². The molecule has 0 radical (unpaired) electrons. The van der Waals surface area contributed by atoms with E-state index >= 15 is 0 Å². The minimum atomic E-state index is -3.66. The zero-order chi connectivity index (χ0) is 20.1. The summed E-state index contributed by atoms with van der Waals surface area (Å²) >= 11 is 0. The summed E-state index contributed by atoms with van der Waals surface area (Å²) in [7, 11) is -2.11. The van der Waals surface area contributed by atoms with Crippen molar-refractivity contribution in [3.05, 3.63) is 48.0 Å². The third-order valence-electron chi connectivity index (χ3n) is 4.84. The van der Waals surface area contributed by atoms with Crippen LogP contribution in [0.5, 0.6) is 5.75 Å². The van der Waals surface area contributed by atoms with Crippen LogP contribution >= 0.6 is 0 Å². The van der Waals surface area contributed by atoms with Gasteiger partial charge in [0.25, 0.3) is 10.0 Å². The van der Waals surface area contributed by atoms with Crippen molar-refractivity contribution in [1.82, 2.24) is 0 Å². The number of nitrogens with zero attached hydrogens (tertiary/aromatic N) is 1. The van der Waals surface area contributed by atoms with Gasteiger partial charge in [-0.2, -0.15) is 0 Å². The number of aryl methyl sites for hydroxylation is 1. The SMILES string of the molecule is CCCCC(=O)Nc1ccc2c(c1)CCCN2S(=O)(=O)c1ccc(OC)cc1. The van der Waals surface area contributed by atoms with Crippen molar-refractivity contribution in [2.75, 3.05) is 23.3 Å². The van der Waals surface area contributed by atoms with E-state index in [2.05, 4.69) is 5.32 Å². The predicted octanol–water partition coefficient (Wildman–Crippen LogP) is 3.97. The monoisotopic (exact) mass is 402 g/mol. The topological polar surface area (TPSA) is 75.7 Å². The van der Waals surface area contributed by atoms with Gasteiger partial charge >= 0.3 is 0 Å². The highest BCUT2D eigenvalue weighted by atomic mass is 32.2. The van der Waals surface area contributed by atoms with E-state index in [9.17, 15) is 13.2 Å². The number of amides is 1. The van der Waals surface area contributed by atoms with Crippen LogP contribution in [-0.4, -0.2) is 28.0 Å². The number of hydrogen-bond donors (Lipinski definition) is 1. The number of sulfonamides is 1. The molecule has 3 rings (SSSR count). The van der Waals surface area contributed by atoms with Gasteiger partial charge in [-0.25, -0.2) is 8.42 Å². The van der Waals surface area contributed by atoms with Crippen molar-refractivity contribution in [3.63, 3.8) is 0 Å². The molecule has 6 nitrogen and oxygen atoms in total. The van der Waals surface area contributed by atoms with Crippen LogP contribution in [0.15, 0.2) is 47.4 Å². The fourth-order valence-electron chi connectivity index (χ4n) is 3.33. The van der Waals surface area contributed by atoms with E-state index < -0.39 is 10.0 Å². The van der Waals surface area contributed by atoms with Crippen LogP contribution in [0.25, 0.3) is 0 Å². The molecule has 0 spiro atoms. The van der Waals surface area contributed by atoms with Crippen molar-refractivity contribution in [2.45, 2.75) is 43.9 Å². The van der Waals surface area contributed by atoms with Crippen molar-refractivity contribution < 1.29 is 17.9 Å². The normalized spacial score (nSPS) is 13.7. The molecular formula is C21H26N2O4S. The molecule has 2 aromatic rings. The van der Waals surface area contributed by atoms with Crippen LogP contribution in [0.2, 0.25) is 0 Å². The van der Waals surface area contributed by atoms with Crippen molar-refractivity contribution in [3.8, 4) is 5.75 Å². The summed E-state index contributed by atoms with van der Waals surface area (Å²) in [6.45, 7) is 2.48. The number of ether oxygens (including phenoxy) is 1. The van der Waals surface area contributed by atoms with Gasteiger partial charge in [0.1, 0.15) is 5.75 Å². The number of anilines is 2. The molecule has 0 bridgehead atoms. The first-order valence-electron chi connectivity index (χ1n) is 9.55. The second-order valence-electron chi connectivity index (χ2n) is 6.85. The maximum absolute atomic E-state index is 13.1. The van der Waals surface area contributed by atoms with Gasteiger partial charge in [-0.1, -0.05) is 13.3 Å². The maximum Gasteiger partial charge on any atom is 0.264 e. The fourth-order valence-corrected chi connectivity index (χ4v) is 4.87. The first kappa shape index (κ1) is 20.2. The van der Waals surface area contributed by atoms with Gasteiger partial charge in [0.2, 0.25) is 5.91 Å². The summed E-state index contributed by atoms with van der Waals surface area (Å²) in [6.07, 6.45) is 3.82. The Kier molecular flexibility index (Phi) is 6.24. The lowest BCUT2D eigenvalue weighted by molar-refractivity contribution is -0.116. The Morgan fingerprint density at radius 3 is 2.61 bits per heavy atom. The van der Waals surface area contributed by atoms with E-state index in [1.807, 2.05) is 13.0 Å². The zero-order valence-corrected chi connectivity index (χ0v) is 17.1. The van der Waals surface area contributed by atoms with E-state index in [4.69, 9.17) is 4.74 Å². The third kappa shape index (κ3) is 4.30. The van der Waals surface area contributed by atoms with Gasteiger partial charge in [-0.05, 0) is 67.3 Å². The summed E-state index contributed by atoms with van der Waals surface area (Å²) < 4.78 is 32.9. The van der Waals surface area contributed by atoms with Gasteiger partial charge in [0.05, 0.1) is 17.7 Å². The first-order chi connectivity index (χ1) is 13.5. The molecular weight excluding hydrogens is 376 g/mol. The third-order valence-corrected chi connectivity index (χ3v) is 6.67. The molecule has 150 valence electrons. The Morgan fingerprint density at radius 1 is 1.18 bits per heavy atom.